The van der Waals surface area contributed by atoms with Crippen LogP contribution in [0.3, 0.4) is 0 Å². The third-order valence-electron chi connectivity index (χ3n) is 4.23. The molecule has 1 aliphatic heterocycles. The Balaban J connectivity index is 0.00000192. The van der Waals surface area contributed by atoms with Crippen molar-refractivity contribution in [2.45, 2.75) is 39.3 Å². The summed E-state index contributed by atoms with van der Waals surface area (Å²) in [5, 5.41) is 12.1. The predicted octanol–water partition coefficient (Wildman–Crippen LogP) is 1.68. The number of hydrogen-bond donors (Lipinski definition) is 1. The van der Waals surface area contributed by atoms with Crippen molar-refractivity contribution >= 4 is 12.4 Å². The molecule has 8 heteroatoms. The molecule has 23 heavy (non-hydrogen) atoms. The van der Waals surface area contributed by atoms with Gasteiger partial charge in [0.15, 0.2) is 5.82 Å². The van der Waals surface area contributed by atoms with Crippen molar-refractivity contribution in [3.63, 3.8) is 0 Å². The zero-order chi connectivity index (χ0) is 15.7. The average Bonchev–Trinajstić information content (AvgIpc) is 3.06. The monoisotopic (exact) mass is 340 g/mol. The Morgan fingerprint density at radius 2 is 2.22 bits per heavy atom. The Bertz CT molecular complexity index is 640. The molecule has 128 valence electrons. The molecule has 0 bridgehead atoms. The SMILES string of the molecule is Cc1cc(C)n(C(C)Cc2nc(C3CNCCN3C)no2)n1.Cl. The molecule has 2 atom stereocenters. The second-order valence-electron chi connectivity index (χ2n) is 6.17. The summed E-state index contributed by atoms with van der Waals surface area (Å²) < 4.78 is 7.47. The quantitative estimate of drug-likeness (QED) is 0.913. The number of piperazine rings is 1. The van der Waals surface area contributed by atoms with Crippen LogP contribution < -0.4 is 5.32 Å². The number of nitrogens with one attached hydrogen (secondary N) is 1. The number of halogens is 1. The first-order valence-electron chi connectivity index (χ1n) is 7.81. The molecule has 2 aromatic rings. The number of aryl methyl sites for hydroxylation is 2. The second kappa shape index (κ2) is 7.42. The van der Waals surface area contributed by atoms with Gasteiger partial charge in [0.1, 0.15) is 0 Å². The Morgan fingerprint density at radius 1 is 1.43 bits per heavy atom. The molecular formula is C15H25ClN6O. The van der Waals surface area contributed by atoms with Crippen LogP contribution in [-0.4, -0.2) is 51.5 Å². The first kappa shape index (κ1) is 17.9. The predicted molar refractivity (Wildman–Crippen MR) is 89.9 cm³/mol. The highest BCUT2D eigenvalue weighted by atomic mass is 35.5. The Hall–Kier alpha value is -1.44. The average molecular weight is 341 g/mol. The second-order valence-corrected chi connectivity index (χ2v) is 6.17. The van der Waals surface area contributed by atoms with Crippen molar-refractivity contribution in [3.8, 4) is 0 Å². The van der Waals surface area contributed by atoms with E-state index in [-0.39, 0.29) is 24.5 Å². The summed E-state index contributed by atoms with van der Waals surface area (Å²) in [5.74, 6) is 1.44. The smallest absolute Gasteiger partial charge is 0.228 e. The summed E-state index contributed by atoms with van der Waals surface area (Å²) in [6.07, 6.45) is 0.693. The molecule has 1 fully saturated rings. The van der Waals surface area contributed by atoms with E-state index in [9.17, 15) is 0 Å². The van der Waals surface area contributed by atoms with Crippen LogP contribution in [0.5, 0.6) is 0 Å². The van der Waals surface area contributed by atoms with Crippen LogP contribution in [0.2, 0.25) is 0 Å². The van der Waals surface area contributed by atoms with Crippen molar-refractivity contribution in [1.29, 1.82) is 0 Å². The van der Waals surface area contributed by atoms with E-state index in [4.69, 9.17) is 4.52 Å². The number of nitrogens with zero attached hydrogens (tertiary/aromatic N) is 5. The van der Waals surface area contributed by atoms with Crippen LogP contribution in [0, 0.1) is 13.8 Å². The highest BCUT2D eigenvalue weighted by Crippen LogP contribution is 2.20. The lowest BCUT2D eigenvalue weighted by atomic mass is 10.2. The molecule has 1 N–H and O–H groups in total. The summed E-state index contributed by atoms with van der Waals surface area (Å²) in [6.45, 7) is 9.06. The van der Waals surface area contributed by atoms with Gasteiger partial charge in [-0.15, -0.1) is 12.4 Å². The zero-order valence-electron chi connectivity index (χ0n) is 14.1. The zero-order valence-corrected chi connectivity index (χ0v) is 14.9. The van der Waals surface area contributed by atoms with Crippen LogP contribution in [0.4, 0.5) is 0 Å². The lowest BCUT2D eigenvalue weighted by Crippen LogP contribution is -2.44. The van der Waals surface area contributed by atoms with E-state index in [1.54, 1.807) is 0 Å². The molecule has 0 aromatic carbocycles. The van der Waals surface area contributed by atoms with Crippen LogP contribution in [0.25, 0.3) is 0 Å². The van der Waals surface area contributed by atoms with Gasteiger partial charge in [-0.05, 0) is 33.9 Å². The molecule has 0 saturated carbocycles. The van der Waals surface area contributed by atoms with Crippen molar-refractivity contribution in [3.05, 3.63) is 29.2 Å². The molecular weight excluding hydrogens is 316 g/mol. The minimum Gasteiger partial charge on any atom is -0.339 e. The van der Waals surface area contributed by atoms with Crippen molar-refractivity contribution in [2.75, 3.05) is 26.7 Å². The topological polar surface area (TPSA) is 72.0 Å². The Labute approximate surface area is 142 Å². The van der Waals surface area contributed by atoms with Gasteiger partial charge in [0.05, 0.1) is 17.8 Å². The standard InChI is InChI=1S/C15H24N6O.ClH/c1-10-7-11(2)21(18-10)12(3)8-14-17-15(19-22-14)13-9-16-5-6-20(13)4;/h7,12-13,16H,5-6,8-9H2,1-4H3;1H. The van der Waals surface area contributed by atoms with E-state index in [0.717, 1.165) is 36.8 Å². The number of hydrogen-bond acceptors (Lipinski definition) is 6. The summed E-state index contributed by atoms with van der Waals surface area (Å²) in [7, 11) is 2.10. The molecule has 1 saturated heterocycles. The van der Waals surface area contributed by atoms with Gasteiger partial charge >= 0.3 is 0 Å². The highest BCUT2D eigenvalue weighted by molar-refractivity contribution is 5.85. The highest BCUT2D eigenvalue weighted by Gasteiger charge is 2.25. The fraction of sp³-hybridized carbons (Fsp3) is 0.667. The fourth-order valence-corrected chi connectivity index (χ4v) is 3.01. The van der Waals surface area contributed by atoms with Crippen molar-refractivity contribution < 1.29 is 4.52 Å². The summed E-state index contributed by atoms with van der Waals surface area (Å²) >= 11 is 0. The van der Waals surface area contributed by atoms with E-state index in [2.05, 4.69) is 52.4 Å². The van der Waals surface area contributed by atoms with Crippen LogP contribution in [0.15, 0.2) is 10.6 Å². The van der Waals surface area contributed by atoms with Gasteiger partial charge < -0.3 is 9.84 Å². The number of rotatable bonds is 4. The molecule has 2 aromatic heterocycles. The summed E-state index contributed by atoms with van der Waals surface area (Å²) in [5.41, 5.74) is 2.19. The summed E-state index contributed by atoms with van der Waals surface area (Å²) in [4.78, 5) is 6.85. The molecule has 0 radical (unpaired) electrons. The van der Waals surface area contributed by atoms with E-state index in [1.807, 2.05) is 11.6 Å². The van der Waals surface area contributed by atoms with Gasteiger partial charge in [0.25, 0.3) is 0 Å². The summed E-state index contributed by atoms with van der Waals surface area (Å²) in [6, 6.07) is 2.47. The maximum atomic E-state index is 5.45. The van der Waals surface area contributed by atoms with Gasteiger partial charge in [-0.3, -0.25) is 9.58 Å². The van der Waals surface area contributed by atoms with Gasteiger partial charge in [-0.1, -0.05) is 5.16 Å². The van der Waals surface area contributed by atoms with Crippen LogP contribution in [-0.2, 0) is 6.42 Å². The molecule has 0 amide bonds. The van der Waals surface area contributed by atoms with Gasteiger partial charge in [0.2, 0.25) is 5.89 Å². The van der Waals surface area contributed by atoms with Gasteiger partial charge in [-0.2, -0.15) is 10.1 Å². The Kier molecular flexibility index (Phi) is 5.78. The number of likely N-dealkylation sites (N-methyl/N-ethyl adjacent to an activating group) is 1. The first-order chi connectivity index (χ1) is 10.5. The first-order valence-corrected chi connectivity index (χ1v) is 7.81. The van der Waals surface area contributed by atoms with Crippen LogP contribution >= 0.6 is 12.4 Å². The van der Waals surface area contributed by atoms with E-state index in [1.165, 1.54) is 0 Å². The number of aromatic nitrogens is 4. The maximum absolute atomic E-state index is 5.45. The molecule has 3 rings (SSSR count). The van der Waals surface area contributed by atoms with Crippen molar-refractivity contribution in [1.82, 2.24) is 30.1 Å². The largest absolute Gasteiger partial charge is 0.339 e. The third-order valence-corrected chi connectivity index (χ3v) is 4.23. The Morgan fingerprint density at radius 3 is 2.87 bits per heavy atom. The minimum absolute atomic E-state index is 0. The van der Waals surface area contributed by atoms with Gasteiger partial charge in [0, 0.05) is 31.7 Å². The molecule has 3 heterocycles. The molecule has 1 aliphatic rings. The minimum atomic E-state index is 0. The molecule has 0 aliphatic carbocycles. The third kappa shape index (κ3) is 3.91. The maximum Gasteiger partial charge on any atom is 0.228 e. The van der Waals surface area contributed by atoms with E-state index >= 15 is 0 Å². The molecule has 2 unspecified atom stereocenters. The van der Waals surface area contributed by atoms with Gasteiger partial charge in [-0.25, -0.2) is 0 Å². The lowest BCUT2D eigenvalue weighted by Gasteiger charge is -2.30. The van der Waals surface area contributed by atoms with E-state index < -0.39 is 0 Å². The van der Waals surface area contributed by atoms with E-state index in [0.29, 0.717) is 12.3 Å². The van der Waals surface area contributed by atoms with Crippen molar-refractivity contribution in [2.24, 2.45) is 0 Å². The molecule has 7 nitrogen and oxygen atoms in total. The lowest BCUT2D eigenvalue weighted by molar-refractivity contribution is 0.190. The normalized spacial score (nSPS) is 20.3. The van der Waals surface area contributed by atoms with Crippen LogP contribution in [0.1, 0.15) is 42.1 Å². The molecule has 0 spiro atoms. The fourth-order valence-electron chi connectivity index (χ4n) is 3.01.